The van der Waals surface area contributed by atoms with Gasteiger partial charge in [0.2, 0.25) is 0 Å². The normalized spacial score (nSPS) is 13.3. The number of rotatable bonds is 2. The number of benzene rings is 3. The number of hydrogen-bond donors (Lipinski definition) is 0. The van der Waals surface area contributed by atoms with Crippen LogP contribution in [0.15, 0.2) is 66.7 Å². The van der Waals surface area contributed by atoms with Gasteiger partial charge in [-0.1, -0.05) is 66.2 Å². The van der Waals surface area contributed by atoms with E-state index < -0.39 is 6.85 Å². The van der Waals surface area contributed by atoms with E-state index in [0.717, 1.165) is 22.3 Å². The topological polar surface area (TPSA) is 0 Å². The molecular formula is C21H20. The van der Waals surface area contributed by atoms with Crippen molar-refractivity contribution in [3.05, 3.63) is 83.4 Å². The maximum absolute atomic E-state index is 7.57. The largest absolute Gasteiger partial charge is 0.0622 e. The Kier molecular flexibility index (Phi) is 2.76. The van der Waals surface area contributed by atoms with Gasteiger partial charge in [-0.2, -0.15) is 0 Å². The standard InChI is InChI=1S/C21H20/c1-15-9-12-20(17(3)13-15)21-14-19(11-10-16(21)2)18-7-5-4-6-8-18/h4-14H,1-3H3/i1D3. The highest BCUT2D eigenvalue weighted by molar-refractivity contribution is 5.77. The molecule has 0 saturated carbocycles. The van der Waals surface area contributed by atoms with Gasteiger partial charge in [0.25, 0.3) is 0 Å². The molecule has 0 saturated heterocycles. The molecule has 0 aromatic heterocycles. The molecule has 0 amide bonds. The minimum Gasteiger partial charge on any atom is -0.0622 e. The summed E-state index contributed by atoms with van der Waals surface area (Å²) in [5.74, 6) is 0. The van der Waals surface area contributed by atoms with Crippen molar-refractivity contribution in [3.8, 4) is 22.3 Å². The van der Waals surface area contributed by atoms with Gasteiger partial charge >= 0.3 is 0 Å². The van der Waals surface area contributed by atoms with Gasteiger partial charge in [-0.05, 0) is 60.1 Å². The minimum absolute atomic E-state index is 0.389. The van der Waals surface area contributed by atoms with E-state index in [9.17, 15) is 0 Å². The van der Waals surface area contributed by atoms with Gasteiger partial charge < -0.3 is 0 Å². The molecule has 0 heterocycles. The van der Waals surface area contributed by atoms with Crippen molar-refractivity contribution >= 4 is 0 Å². The molecule has 0 heteroatoms. The first-order valence-electron chi connectivity index (χ1n) is 8.64. The molecule has 3 rings (SSSR count). The highest BCUT2D eigenvalue weighted by Crippen LogP contribution is 2.31. The zero-order valence-electron chi connectivity index (χ0n) is 15.4. The fourth-order valence-corrected chi connectivity index (χ4v) is 2.69. The summed E-state index contributed by atoms with van der Waals surface area (Å²) >= 11 is 0. The maximum atomic E-state index is 7.57. The molecule has 0 aliphatic carbocycles. The van der Waals surface area contributed by atoms with Gasteiger partial charge in [0.1, 0.15) is 0 Å². The Balaban J connectivity index is 2.10. The van der Waals surface area contributed by atoms with Crippen LogP contribution in [-0.4, -0.2) is 0 Å². The molecule has 0 spiro atoms. The van der Waals surface area contributed by atoms with Crippen molar-refractivity contribution in [1.82, 2.24) is 0 Å². The average Bonchev–Trinajstić information content (AvgIpc) is 2.55. The van der Waals surface area contributed by atoms with Gasteiger partial charge in [-0.3, -0.25) is 0 Å². The number of aryl methyl sites for hydroxylation is 3. The first-order valence-corrected chi connectivity index (χ1v) is 7.14. The first kappa shape index (κ1) is 10.4. The smallest absolute Gasteiger partial charge is 0.0280 e. The van der Waals surface area contributed by atoms with Crippen molar-refractivity contribution in [1.29, 1.82) is 0 Å². The second-order valence-corrected chi connectivity index (χ2v) is 5.43. The van der Waals surface area contributed by atoms with Crippen molar-refractivity contribution in [2.45, 2.75) is 20.7 Å². The predicted molar refractivity (Wildman–Crippen MR) is 91.5 cm³/mol. The summed E-state index contributed by atoms with van der Waals surface area (Å²) in [7, 11) is 0. The molecule has 0 aliphatic heterocycles. The molecular weight excluding hydrogens is 252 g/mol. The third-order valence-corrected chi connectivity index (χ3v) is 3.86. The Morgan fingerprint density at radius 1 is 0.667 bits per heavy atom. The lowest BCUT2D eigenvalue weighted by Crippen LogP contribution is -1.89. The average molecular weight is 275 g/mol. The van der Waals surface area contributed by atoms with Gasteiger partial charge in [0, 0.05) is 4.11 Å². The van der Waals surface area contributed by atoms with Crippen LogP contribution in [0.25, 0.3) is 22.3 Å². The van der Waals surface area contributed by atoms with E-state index in [4.69, 9.17) is 4.11 Å². The highest BCUT2D eigenvalue weighted by Gasteiger charge is 2.07. The lowest BCUT2D eigenvalue weighted by Gasteiger charge is -2.12. The molecule has 21 heavy (non-hydrogen) atoms. The second-order valence-electron chi connectivity index (χ2n) is 5.43. The summed E-state index contributed by atoms with van der Waals surface area (Å²) in [5, 5.41) is 0. The van der Waals surface area contributed by atoms with E-state index in [1.807, 2.05) is 31.2 Å². The van der Waals surface area contributed by atoms with E-state index in [1.54, 1.807) is 12.1 Å². The molecule has 3 aromatic rings. The third kappa shape index (κ3) is 2.75. The van der Waals surface area contributed by atoms with E-state index in [-0.39, 0.29) is 0 Å². The third-order valence-electron chi connectivity index (χ3n) is 3.86. The molecule has 0 nitrogen and oxygen atoms in total. The quantitative estimate of drug-likeness (QED) is 0.542. The molecule has 0 atom stereocenters. The van der Waals surface area contributed by atoms with Crippen LogP contribution in [0.2, 0.25) is 0 Å². The van der Waals surface area contributed by atoms with Gasteiger partial charge in [-0.15, -0.1) is 0 Å². The summed E-state index contributed by atoms with van der Waals surface area (Å²) in [4.78, 5) is 0. The summed E-state index contributed by atoms with van der Waals surface area (Å²) in [6, 6.07) is 22.1. The van der Waals surface area contributed by atoms with Crippen molar-refractivity contribution in [2.24, 2.45) is 0 Å². The second kappa shape index (κ2) is 5.57. The van der Waals surface area contributed by atoms with Crippen LogP contribution in [-0.2, 0) is 0 Å². The van der Waals surface area contributed by atoms with Crippen LogP contribution in [0.3, 0.4) is 0 Å². The number of hydrogen-bond acceptors (Lipinski definition) is 0. The van der Waals surface area contributed by atoms with E-state index in [0.29, 0.717) is 5.56 Å². The molecule has 0 fully saturated rings. The van der Waals surface area contributed by atoms with Gasteiger partial charge in [-0.25, -0.2) is 0 Å². The summed E-state index contributed by atoms with van der Waals surface area (Å²) in [6.45, 7) is 1.99. The van der Waals surface area contributed by atoms with Crippen molar-refractivity contribution in [2.75, 3.05) is 0 Å². The molecule has 0 unspecified atom stereocenters. The van der Waals surface area contributed by atoms with E-state index in [2.05, 4.69) is 37.3 Å². The first-order chi connectivity index (χ1) is 11.4. The Morgan fingerprint density at radius 2 is 1.48 bits per heavy atom. The van der Waals surface area contributed by atoms with Crippen LogP contribution < -0.4 is 0 Å². The van der Waals surface area contributed by atoms with Crippen molar-refractivity contribution < 1.29 is 4.11 Å². The summed E-state index contributed by atoms with van der Waals surface area (Å²) < 4.78 is 22.7. The summed E-state index contributed by atoms with van der Waals surface area (Å²) in [6.07, 6.45) is 0. The lowest BCUT2D eigenvalue weighted by atomic mass is 9.92. The zero-order valence-corrected chi connectivity index (χ0v) is 12.4. The SMILES string of the molecule is [2H]C([2H])([2H])c1ccc(-c2cc(-c3ccccc3)ccc2C)c(C)c1. The Hall–Kier alpha value is -2.34. The van der Waals surface area contributed by atoms with E-state index >= 15 is 0 Å². The Bertz CT molecular complexity index is 862. The van der Waals surface area contributed by atoms with Crippen LogP contribution in [0.4, 0.5) is 0 Å². The molecule has 0 radical (unpaired) electrons. The molecule has 104 valence electrons. The molecule has 3 aromatic carbocycles. The van der Waals surface area contributed by atoms with Crippen LogP contribution >= 0.6 is 0 Å². The molecule has 0 aliphatic rings. The van der Waals surface area contributed by atoms with Gasteiger partial charge in [0.05, 0.1) is 0 Å². The fourth-order valence-electron chi connectivity index (χ4n) is 2.69. The van der Waals surface area contributed by atoms with E-state index in [1.165, 1.54) is 11.1 Å². The molecule has 0 bridgehead atoms. The minimum atomic E-state index is -2.07. The zero-order chi connectivity index (χ0) is 17.3. The monoisotopic (exact) mass is 275 g/mol. The summed E-state index contributed by atoms with van der Waals surface area (Å²) in [5.41, 5.74) is 7.12. The Morgan fingerprint density at radius 3 is 2.19 bits per heavy atom. The Labute approximate surface area is 131 Å². The van der Waals surface area contributed by atoms with Crippen LogP contribution in [0.1, 0.15) is 20.8 Å². The highest BCUT2D eigenvalue weighted by atomic mass is 14.1. The fraction of sp³-hybridized carbons (Fsp3) is 0.143. The molecule has 0 N–H and O–H groups in total. The van der Waals surface area contributed by atoms with Gasteiger partial charge in [0.15, 0.2) is 0 Å². The predicted octanol–water partition coefficient (Wildman–Crippen LogP) is 5.95. The lowest BCUT2D eigenvalue weighted by molar-refractivity contribution is 1.36. The maximum Gasteiger partial charge on any atom is 0.0280 e. The van der Waals surface area contributed by atoms with Crippen molar-refractivity contribution in [3.63, 3.8) is 0 Å². The van der Waals surface area contributed by atoms with Crippen LogP contribution in [0, 0.1) is 20.7 Å². The van der Waals surface area contributed by atoms with Crippen LogP contribution in [0.5, 0.6) is 0 Å².